The molecule has 1 aromatic rings. The molecule has 7 nitrogen and oxygen atoms in total. The number of anilines is 1. The lowest BCUT2D eigenvalue weighted by Crippen LogP contribution is -2.48. The smallest absolute Gasteiger partial charge is 0.211 e. The average Bonchev–Trinajstić information content (AvgIpc) is 2.39. The molecule has 0 radical (unpaired) electrons. The quantitative estimate of drug-likeness (QED) is 0.786. The van der Waals surface area contributed by atoms with E-state index in [1.54, 1.807) is 12.4 Å². The number of rotatable bonds is 4. The van der Waals surface area contributed by atoms with E-state index in [1.165, 1.54) is 10.6 Å². The number of hydrogen-bond acceptors (Lipinski definition) is 6. The maximum Gasteiger partial charge on any atom is 0.211 e. The van der Waals surface area contributed by atoms with E-state index in [0.717, 1.165) is 11.5 Å². The van der Waals surface area contributed by atoms with Gasteiger partial charge in [-0.2, -0.15) is 4.31 Å². The van der Waals surface area contributed by atoms with E-state index in [9.17, 15) is 8.42 Å². The minimum atomic E-state index is -3.08. The molecule has 0 bridgehead atoms. The van der Waals surface area contributed by atoms with Crippen LogP contribution in [-0.4, -0.2) is 62.2 Å². The zero-order chi connectivity index (χ0) is 13.9. The maximum absolute atomic E-state index is 11.4. The Kier molecular flexibility index (Phi) is 4.33. The van der Waals surface area contributed by atoms with Crippen LogP contribution in [0, 0.1) is 0 Å². The van der Waals surface area contributed by atoms with Crippen molar-refractivity contribution in [3.63, 3.8) is 0 Å². The Morgan fingerprint density at radius 1 is 1.21 bits per heavy atom. The fourth-order valence-corrected chi connectivity index (χ4v) is 2.86. The van der Waals surface area contributed by atoms with Gasteiger partial charge in [0.2, 0.25) is 10.0 Å². The summed E-state index contributed by atoms with van der Waals surface area (Å²) < 4.78 is 24.3. The summed E-state index contributed by atoms with van der Waals surface area (Å²) in [6.45, 7) is 2.98. The minimum Gasteiger partial charge on any atom is -0.353 e. The molecule has 0 spiro atoms. The van der Waals surface area contributed by atoms with Crippen LogP contribution in [-0.2, 0) is 16.6 Å². The van der Waals surface area contributed by atoms with Crippen molar-refractivity contribution in [2.45, 2.75) is 6.54 Å². The molecule has 0 unspecified atom stereocenters. The molecule has 1 saturated heterocycles. The van der Waals surface area contributed by atoms with Crippen molar-refractivity contribution in [1.82, 2.24) is 19.6 Å². The second kappa shape index (κ2) is 5.81. The van der Waals surface area contributed by atoms with Gasteiger partial charge in [-0.15, -0.1) is 0 Å². The highest BCUT2D eigenvalue weighted by Crippen LogP contribution is 2.13. The molecule has 2 rings (SSSR count). The van der Waals surface area contributed by atoms with E-state index in [0.29, 0.717) is 32.7 Å². The first-order valence-electron chi connectivity index (χ1n) is 6.16. The molecule has 2 heterocycles. The largest absolute Gasteiger partial charge is 0.353 e. The lowest BCUT2D eigenvalue weighted by Gasteiger charge is -2.33. The third-order valence-electron chi connectivity index (χ3n) is 3.08. The van der Waals surface area contributed by atoms with E-state index < -0.39 is 10.0 Å². The van der Waals surface area contributed by atoms with Crippen LogP contribution in [0.2, 0.25) is 0 Å². The molecule has 1 N–H and O–H groups in total. The van der Waals surface area contributed by atoms with Crippen molar-refractivity contribution < 1.29 is 8.42 Å². The molecule has 0 atom stereocenters. The second-order valence-corrected chi connectivity index (χ2v) is 6.53. The van der Waals surface area contributed by atoms with Gasteiger partial charge in [0.1, 0.15) is 5.82 Å². The zero-order valence-electron chi connectivity index (χ0n) is 11.2. The van der Waals surface area contributed by atoms with Gasteiger partial charge in [0, 0.05) is 32.7 Å². The molecule has 106 valence electrons. The molecule has 19 heavy (non-hydrogen) atoms. The first-order chi connectivity index (χ1) is 9.00. The summed E-state index contributed by atoms with van der Waals surface area (Å²) in [6.07, 6.45) is 4.73. The summed E-state index contributed by atoms with van der Waals surface area (Å²) in [4.78, 5) is 10.7. The van der Waals surface area contributed by atoms with E-state index in [-0.39, 0.29) is 0 Å². The Labute approximate surface area is 113 Å². The molecule has 0 aromatic carbocycles. The molecule has 1 fully saturated rings. The van der Waals surface area contributed by atoms with E-state index in [2.05, 4.69) is 20.2 Å². The molecule has 1 aromatic heterocycles. The van der Waals surface area contributed by atoms with E-state index in [4.69, 9.17) is 0 Å². The Hall–Kier alpha value is -1.25. The molecular formula is C11H19N5O2S. The third-order valence-corrected chi connectivity index (χ3v) is 4.38. The van der Waals surface area contributed by atoms with Gasteiger partial charge in [0.15, 0.2) is 0 Å². The fourth-order valence-electron chi connectivity index (χ4n) is 2.03. The molecule has 1 aliphatic rings. The van der Waals surface area contributed by atoms with Gasteiger partial charge in [-0.05, 0) is 7.05 Å². The highest BCUT2D eigenvalue weighted by atomic mass is 32.2. The topological polar surface area (TPSA) is 78.4 Å². The lowest BCUT2D eigenvalue weighted by molar-refractivity contribution is 0.387. The van der Waals surface area contributed by atoms with Gasteiger partial charge in [-0.1, -0.05) is 0 Å². The standard InChI is InChI=1S/C11H19N5O2S/c1-12-7-10-8-14-11(9-13-10)15-3-5-16(6-4-15)19(2,17)18/h8-9,12H,3-7H2,1-2H3. The normalized spacial score (nSPS) is 17.7. The SMILES string of the molecule is CNCc1cnc(N2CCN(S(C)(=O)=O)CC2)cn1. The lowest BCUT2D eigenvalue weighted by atomic mass is 10.3. The van der Waals surface area contributed by atoms with Gasteiger partial charge in [-0.25, -0.2) is 13.4 Å². The predicted octanol–water partition coefficient (Wildman–Crippen LogP) is -0.722. The number of sulfonamides is 1. The fraction of sp³-hybridized carbons (Fsp3) is 0.636. The Balaban J connectivity index is 1.97. The summed E-state index contributed by atoms with van der Waals surface area (Å²) in [5, 5.41) is 3.02. The van der Waals surface area contributed by atoms with Gasteiger partial charge in [0.05, 0.1) is 24.3 Å². The van der Waals surface area contributed by atoms with Crippen LogP contribution in [0.15, 0.2) is 12.4 Å². The Morgan fingerprint density at radius 2 is 1.89 bits per heavy atom. The average molecular weight is 285 g/mol. The van der Waals surface area contributed by atoms with Crippen LogP contribution in [0.3, 0.4) is 0 Å². The Morgan fingerprint density at radius 3 is 2.37 bits per heavy atom. The van der Waals surface area contributed by atoms with Gasteiger partial charge >= 0.3 is 0 Å². The van der Waals surface area contributed by atoms with Crippen LogP contribution in [0.1, 0.15) is 5.69 Å². The van der Waals surface area contributed by atoms with Crippen LogP contribution in [0.5, 0.6) is 0 Å². The van der Waals surface area contributed by atoms with Gasteiger partial charge < -0.3 is 10.2 Å². The minimum absolute atomic E-state index is 0.499. The number of nitrogens with one attached hydrogen (secondary N) is 1. The summed E-state index contributed by atoms with van der Waals surface area (Å²) in [6, 6.07) is 0. The monoisotopic (exact) mass is 285 g/mol. The highest BCUT2D eigenvalue weighted by molar-refractivity contribution is 7.88. The van der Waals surface area contributed by atoms with Crippen molar-refractivity contribution in [3.05, 3.63) is 18.1 Å². The van der Waals surface area contributed by atoms with Gasteiger partial charge in [-0.3, -0.25) is 4.98 Å². The molecule has 0 saturated carbocycles. The van der Waals surface area contributed by atoms with Crippen molar-refractivity contribution in [2.24, 2.45) is 0 Å². The molecule has 1 aliphatic heterocycles. The first kappa shape index (κ1) is 14.2. The molecule has 0 aliphatic carbocycles. The van der Waals surface area contributed by atoms with Crippen molar-refractivity contribution in [1.29, 1.82) is 0 Å². The second-order valence-electron chi connectivity index (χ2n) is 4.55. The van der Waals surface area contributed by atoms with Crippen LogP contribution >= 0.6 is 0 Å². The number of piperazine rings is 1. The van der Waals surface area contributed by atoms with Crippen molar-refractivity contribution in [2.75, 3.05) is 44.4 Å². The molecule has 8 heteroatoms. The van der Waals surface area contributed by atoms with Crippen molar-refractivity contribution in [3.8, 4) is 0 Å². The van der Waals surface area contributed by atoms with E-state index in [1.807, 2.05) is 7.05 Å². The maximum atomic E-state index is 11.4. The number of hydrogen-bond donors (Lipinski definition) is 1. The molecular weight excluding hydrogens is 266 g/mol. The predicted molar refractivity (Wildman–Crippen MR) is 73.4 cm³/mol. The number of nitrogens with zero attached hydrogens (tertiary/aromatic N) is 4. The van der Waals surface area contributed by atoms with E-state index >= 15 is 0 Å². The first-order valence-corrected chi connectivity index (χ1v) is 8.01. The van der Waals surface area contributed by atoms with Crippen molar-refractivity contribution >= 4 is 15.8 Å². The summed E-state index contributed by atoms with van der Waals surface area (Å²) >= 11 is 0. The third kappa shape index (κ3) is 3.62. The van der Waals surface area contributed by atoms with Gasteiger partial charge in [0.25, 0.3) is 0 Å². The Bertz CT molecular complexity index is 508. The van der Waals surface area contributed by atoms with Crippen LogP contribution < -0.4 is 10.2 Å². The summed E-state index contributed by atoms with van der Waals surface area (Å²) in [7, 11) is -1.22. The zero-order valence-corrected chi connectivity index (χ0v) is 12.0. The summed E-state index contributed by atoms with van der Waals surface area (Å²) in [5.74, 6) is 0.799. The van der Waals surface area contributed by atoms with Crippen LogP contribution in [0.25, 0.3) is 0 Å². The van der Waals surface area contributed by atoms with Crippen LogP contribution in [0.4, 0.5) is 5.82 Å². The highest BCUT2D eigenvalue weighted by Gasteiger charge is 2.23. The summed E-state index contributed by atoms with van der Waals surface area (Å²) in [5.41, 5.74) is 0.890. The molecule has 0 amide bonds. The number of aromatic nitrogens is 2.